The number of hydrogen-bond donors (Lipinski definition) is 0. The smallest absolute Gasteiger partial charge is 0.162 e. The molecule has 0 aliphatic carbocycles. The maximum Gasteiger partial charge on any atom is 0.162 e. The molecule has 11 aromatic rings. The second kappa shape index (κ2) is 13.5. The molecule has 0 aliphatic heterocycles. The van der Waals surface area contributed by atoms with E-state index in [-0.39, 0.29) is 0 Å². The van der Waals surface area contributed by atoms with Gasteiger partial charge in [-0.3, -0.25) is 0 Å². The normalized spacial score (nSPS) is 11.6. The van der Waals surface area contributed by atoms with Crippen molar-refractivity contribution in [3.8, 4) is 67.2 Å². The molecule has 0 atom stereocenters. The molecule has 0 bridgehead atoms. The summed E-state index contributed by atoms with van der Waals surface area (Å²) in [7, 11) is 0. The summed E-state index contributed by atoms with van der Waals surface area (Å²) in [6, 6.07) is 69.8. The van der Waals surface area contributed by atoms with Crippen LogP contribution < -0.4 is 0 Å². The van der Waals surface area contributed by atoms with Crippen molar-refractivity contribution in [2.75, 3.05) is 0 Å². The van der Waals surface area contributed by atoms with Crippen LogP contribution in [0.15, 0.2) is 194 Å². The van der Waals surface area contributed by atoms with Crippen molar-refractivity contribution in [2.24, 2.45) is 0 Å². The molecule has 4 heteroatoms. The van der Waals surface area contributed by atoms with Crippen LogP contribution in [0.25, 0.3) is 108 Å². The summed E-state index contributed by atoms with van der Waals surface area (Å²) in [4.78, 5) is 11.8. The van der Waals surface area contributed by atoms with Crippen molar-refractivity contribution < 1.29 is 0 Å². The van der Waals surface area contributed by atoms with Gasteiger partial charge in [-0.2, -0.15) is 0 Å². The Hall–Kier alpha value is -6.72. The Morgan fingerprint density at radius 3 is 1.41 bits per heavy atom. The molecule has 56 heavy (non-hydrogen) atoms. The summed E-state index contributed by atoms with van der Waals surface area (Å²) in [5.41, 5.74) is 12.6. The van der Waals surface area contributed by atoms with E-state index in [0.717, 1.165) is 44.0 Å². The summed E-state index contributed by atoms with van der Waals surface area (Å²) < 4.78 is 3.74. The molecule has 8 aromatic carbocycles. The van der Waals surface area contributed by atoms with Gasteiger partial charge in [0.1, 0.15) is 4.83 Å². The molecule has 0 amide bonds. The van der Waals surface area contributed by atoms with E-state index in [9.17, 15) is 0 Å². The van der Waals surface area contributed by atoms with Crippen LogP contribution in [0.2, 0.25) is 0 Å². The number of hydrogen-bond acceptors (Lipinski definition) is 4. The first-order valence-corrected chi connectivity index (χ1v) is 20.4. The highest BCUT2D eigenvalue weighted by Crippen LogP contribution is 2.44. The zero-order chi connectivity index (χ0) is 37.0. The van der Waals surface area contributed by atoms with Gasteiger partial charge in [0.05, 0.1) is 5.69 Å². The first-order valence-electron chi connectivity index (χ1n) is 18.8. The summed E-state index contributed by atoms with van der Waals surface area (Å²) in [5, 5.41) is 4.76. The van der Waals surface area contributed by atoms with E-state index in [4.69, 9.17) is 9.97 Å². The molecule has 0 spiro atoms. The first-order chi connectivity index (χ1) is 27.7. The lowest BCUT2D eigenvalue weighted by Gasteiger charge is -2.13. The molecular formula is C52H32N2S2. The molecule has 11 rings (SSSR count). The largest absolute Gasteiger partial charge is 0.227 e. The monoisotopic (exact) mass is 748 g/mol. The lowest BCUT2D eigenvalue weighted by Crippen LogP contribution is -1.94. The number of aromatic nitrogens is 2. The highest BCUT2D eigenvalue weighted by molar-refractivity contribution is 7.26. The SMILES string of the molecule is c1ccc(-c2cc(-c3ccccc3)cc(-c3cccc(-c4cccc(-c5nc(-c6cccc7sc8ccccc8c67)nc6sc7ccccc7c56)c4)c3)c2)cc1. The van der Waals surface area contributed by atoms with Crippen LogP contribution in [0.4, 0.5) is 0 Å². The van der Waals surface area contributed by atoms with E-state index in [1.165, 1.54) is 63.6 Å². The van der Waals surface area contributed by atoms with Crippen molar-refractivity contribution in [2.45, 2.75) is 0 Å². The molecule has 0 radical (unpaired) electrons. The fourth-order valence-corrected chi connectivity index (χ4v) is 10.2. The van der Waals surface area contributed by atoms with Gasteiger partial charge in [-0.1, -0.05) is 146 Å². The van der Waals surface area contributed by atoms with Gasteiger partial charge in [0, 0.05) is 46.8 Å². The van der Waals surface area contributed by atoms with Crippen LogP contribution in [0.5, 0.6) is 0 Å². The molecule has 3 aromatic heterocycles. The lowest BCUT2D eigenvalue weighted by molar-refractivity contribution is 1.25. The van der Waals surface area contributed by atoms with Gasteiger partial charge in [0.15, 0.2) is 5.82 Å². The maximum absolute atomic E-state index is 5.48. The van der Waals surface area contributed by atoms with Crippen molar-refractivity contribution in [1.82, 2.24) is 9.97 Å². The van der Waals surface area contributed by atoms with Crippen LogP contribution in [-0.4, -0.2) is 9.97 Å². The zero-order valence-electron chi connectivity index (χ0n) is 30.2. The second-order valence-electron chi connectivity index (χ2n) is 14.1. The number of benzene rings is 8. The highest BCUT2D eigenvalue weighted by atomic mass is 32.1. The van der Waals surface area contributed by atoms with Crippen LogP contribution in [0.1, 0.15) is 0 Å². The Labute approximate surface area is 332 Å². The molecule has 2 nitrogen and oxygen atoms in total. The molecule has 0 unspecified atom stereocenters. The quantitative estimate of drug-likeness (QED) is 0.169. The third kappa shape index (κ3) is 5.70. The minimum absolute atomic E-state index is 0.758. The average molecular weight is 749 g/mol. The molecule has 262 valence electrons. The van der Waals surface area contributed by atoms with Gasteiger partial charge in [0.2, 0.25) is 0 Å². The van der Waals surface area contributed by atoms with E-state index in [0.29, 0.717) is 0 Å². The Kier molecular flexibility index (Phi) is 7.90. The Balaban J connectivity index is 1.06. The Morgan fingerprint density at radius 1 is 0.304 bits per heavy atom. The van der Waals surface area contributed by atoms with Crippen molar-refractivity contribution in [1.29, 1.82) is 0 Å². The summed E-state index contributed by atoms with van der Waals surface area (Å²) >= 11 is 3.56. The minimum Gasteiger partial charge on any atom is -0.227 e. The topological polar surface area (TPSA) is 25.8 Å². The van der Waals surface area contributed by atoms with Gasteiger partial charge < -0.3 is 0 Å². The third-order valence-electron chi connectivity index (χ3n) is 10.7. The number of rotatable bonds is 6. The molecule has 0 aliphatic rings. The zero-order valence-corrected chi connectivity index (χ0v) is 31.8. The molecular weight excluding hydrogens is 717 g/mol. The van der Waals surface area contributed by atoms with Gasteiger partial charge in [-0.15, -0.1) is 22.7 Å². The number of fused-ring (bicyclic) bond motifs is 6. The lowest BCUT2D eigenvalue weighted by atomic mass is 9.92. The third-order valence-corrected chi connectivity index (χ3v) is 12.9. The molecule has 0 saturated heterocycles. The van der Waals surface area contributed by atoms with Crippen LogP contribution in [0, 0.1) is 0 Å². The van der Waals surface area contributed by atoms with Gasteiger partial charge in [-0.25, -0.2) is 9.97 Å². The van der Waals surface area contributed by atoms with E-state index in [1.807, 2.05) is 11.3 Å². The van der Waals surface area contributed by atoms with Crippen LogP contribution >= 0.6 is 22.7 Å². The average Bonchev–Trinajstić information content (AvgIpc) is 3.85. The van der Waals surface area contributed by atoms with Crippen molar-refractivity contribution in [3.63, 3.8) is 0 Å². The predicted octanol–water partition coefficient (Wildman–Crippen LogP) is 15.2. The Bertz CT molecular complexity index is 3190. The van der Waals surface area contributed by atoms with Gasteiger partial charge in [0.25, 0.3) is 0 Å². The van der Waals surface area contributed by atoms with E-state index in [1.54, 1.807) is 11.3 Å². The maximum atomic E-state index is 5.48. The standard InChI is InChI=1S/C52H32N2S2/c1-3-14-33(15-4-1)39-30-40(34-16-5-2-6-17-34)32-41(31-39)37-20-11-18-35(28-37)36-19-12-21-38(29-36)50-49-43-23-8-10-26-46(43)56-52(49)54-51(53-50)44-24-13-27-47-48(44)42-22-7-9-25-45(42)55-47/h1-32H. The fourth-order valence-electron chi connectivity index (χ4n) is 8.03. The number of thiophene rings is 2. The van der Waals surface area contributed by atoms with Gasteiger partial charge in [-0.05, 0) is 93.0 Å². The van der Waals surface area contributed by atoms with E-state index in [2.05, 4.69) is 194 Å². The molecule has 0 N–H and O–H groups in total. The fraction of sp³-hybridized carbons (Fsp3) is 0. The summed E-state index contributed by atoms with van der Waals surface area (Å²) in [5.74, 6) is 0.758. The predicted molar refractivity (Wildman–Crippen MR) is 240 cm³/mol. The molecule has 0 saturated carbocycles. The van der Waals surface area contributed by atoms with Crippen molar-refractivity contribution in [3.05, 3.63) is 194 Å². The second-order valence-corrected chi connectivity index (χ2v) is 16.3. The van der Waals surface area contributed by atoms with Crippen molar-refractivity contribution >= 4 is 63.1 Å². The van der Waals surface area contributed by atoms with E-state index >= 15 is 0 Å². The van der Waals surface area contributed by atoms with Gasteiger partial charge >= 0.3 is 0 Å². The summed E-state index contributed by atoms with van der Waals surface area (Å²) in [6.07, 6.45) is 0. The first kappa shape index (κ1) is 32.7. The number of nitrogens with zero attached hydrogens (tertiary/aromatic N) is 2. The van der Waals surface area contributed by atoms with Crippen LogP contribution in [0.3, 0.4) is 0 Å². The summed E-state index contributed by atoms with van der Waals surface area (Å²) in [6.45, 7) is 0. The van der Waals surface area contributed by atoms with E-state index < -0.39 is 0 Å². The molecule has 3 heterocycles. The minimum atomic E-state index is 0.758. The van der Waals surface area contributed by atoms with Crippen LogP contribution in [-0.2, 0) is 0 Å². The Morgan fingerprint density at radius 2 is 0.750 bits per heavy atom. The molecule has 0 fully saturated rings. The highest BCUT2D eigenvalue weighted by Gasteiger charge is 2.20.